The fraction of sp³-hybridized carbons (Fsp3) is 0.227. The predicted octanol–water partition coefficient (Wildman–Crippen LogP) is 5.38. The maximum atomic E-state index is 12.7. The van der Waals surface area contributed by atoms with Gasteiger partial charge in [0.2, 0.25) is 0 Å². The molecule has 2 amide bonds. The number of imide groups is 1. The van der Waals surface area contributed by atoms with Gasteiger partial charge in [-0.05, 0) is 100 Å². The Labute approximate surface area is 212 Å². The minimum Gasteiger partial charge on any atom is -0.487 e. The standard InChI is InChI=1S/C22H19I2NO5S/c1-12-4-6-14(7-5-12)11-30-19-16(23)8-15(9-17(19)24)10-18-20(26)25(22(28)31-18)13(2)21(27)29-3/h4-10,13H,11H2,1-3H3/b18-10+/t13-/m1/s1. The maximum Gasteiger partial charge on any atom is 0.328 e. The quantitative estimate of drug-likeness (QED) is 0.235. The summed E-state index contributed by atoms with van der Waals surface area (Å²) in [6.45, 7) is 3.97. The number of hydrogen-bond acceptors (Lipinski definition) is 6. The van der Waals surface area contributed by atoms with Crippen LogP contribution in [0.3, 0.4) is 0 Å². The molecule has 0 spiro atoms. The van der Waals surface area contributed by atoms with Crippen molar-refractivity contribution in [3.63, 3.8) is 0 Å². The molecule has 1 fully saturated rings. The summed E-state index contributed by atoms with van der Waals surface area (Å²) in [7, 11) is 1.22. The third kappa shape index (κ3) is 5.61. The zero-order valence-corrected chi connectivity index (χ0v) is 22.1. The predicted molar refractivity (Wildman–Crippen MR) is 137 cm³/mol. The van der Waals surface area contributed by atoms with E-state index in [0.717, 1.165) is 40.7 Å². The Morgan fingerprint density at radius 3 is 2.35 bits per heavy atom. The van der Waals surface area contributed by atoms with Gasteiger partial charge in [-0.1, -0.05) is 29.8 Å². The van der Waals surface area contributed by atoms with E-state index >= 15 is 0 Å². The molecule has 1 heterocycles. The van der Waals surface area contributed by atoms with Gasteiger partial charge >= 0.3 is 5.97 Å². The number of thioether (sulfide) groups is 1. The van der Waals surface area contributed by atoms with Gasteiger partial charge in [-0.3, -0.25) is 14.5 Å². The average molecular weight is 663 g/mol. The summed E-state index contributed by atoms with van der Waals surface area (Å²) >= 11 is 5.20. The van der Waals surface area contributed by atoms with E-state index in [4.69, 9.17) is 4.74 Å². The van der Waals surface area contributed by atoms with Gasteiger partial charge in [0, 0.05) is 0 Å². The number of benzene rings is 2. The summed E-state index contributed by atoms with van der Waals surface area (Å²) in [6.07, 6.45) is 1.66. The monoisotopic (exact) mass is 663 g/mol. The van der Waals surface area contributed by atoms with Crippen LogP contribution in [0, 0.1) is 14.1 Å². The second kappa shape index (κ2) is 10.3. The molecule has 1 atom stereocenters. The second-order valence-corrected chi connectivity index (χ2v) is 10.2. The van der Waals surface area contributed by atoms with Crippen molar-refractivity contribution in [3.8, 4) is 5.75 Å². The lowest BCUT2D eigenvalue weighted by Gasteiger charge is -2.18. The Morgan fingerprint density at radius 1 is 1.16 bits per heavy atom. The number of ether oxygens (including phenoxy) is 2. The first-order valence-electron chi connectivity index (χ1n) is 9.23. The Kier molecular flexibility index (Phi) is 8.03. The first-order valence-corrected chi connectivity index (χ1v) is 12.2. The molecular formula is C22H19I2NO5S. The van der Waals surface area contributed by atoms with E-state index in [1.54, 1.807) is 6.08 Å². The van der Waals surface area contributed by atoms with Crippen LogP contribution in [0.4, 0.5) is 4.79 Å². The molecule has 2 aromatic rings. The molecule has 162 valence electrons. The lowest BCUT2D eigenvalue weighted by atomic mass is 10.1. The van der Waals surface area contributed by atoms with Gasteiger partial charge in [0.25, 0.3) is 11.1 Å². The summed E-state index contributed by atoms with van der Waals surface area (Å²) in [6, 6.07) is 11.0. The lowest BCUT2D eigenvalue weighted by Crippen LogP contribution is -2.42. The highest BCUT2D eigenvalue weighted by atomic mass is 127. The van der Waals surface area contributed by atoms with Crippen LogP contribution < -0.4 is 4.74 Å². The van der Waals surface area contributed by atoms with E-state index in [9.17, 15) is 14.4 Å². The van der Waals surface area contributed by atoms with Crippen molar-refractivity contribution in [2.24, 2.45) is 0 Å². The smallest absolute Gasteiger partial charge is 0.328 e. The molecule has 6 nitrogen and oxygen atoms in total. The summed E-state index contributed by atoms with van der Waals surface area (Å²) in [5.74, 6) is -0.369. The molecule has 9 heteroatoms. The van der Waals surface area contributed by atoms with Crippen LogP contribution in [-0.4, -0.2) is 35.2 Å². The van der Waals surface area contributed by atoms with E-state index in [-0.39, 0.29) is 4.91 Å². The zero-order chi connectivity index (χ0) is 22.7. The molecule has 0 aliphatic carbocycles. The van der Waals surface area contributed by atoms with Gasteiger partial charge in [-0.2, -0.15) is 0 Å². The lowest BCUT2D eigenvalue weighted by molar-refractivity contribution is -0.148. The number of amides is 2. The summed E-state index contributed by atoms with van der Waals surface area (Å²) in [5, 5.41) is -0.489. The largest absolute Gasteiger partial charge is 0.487 e. The molecule has 3 rings (SSSR count). The number of halogens is 2. The Hall–Kier alpha value is -1.60. The first-order chi connectivity index (χ1) is 14.7. The first kappa shape index (κ1) is 24.1. The molecule has 0 aromatic heterocycles. The van der Waals surface area contributed by atoms with Gasteiger partial charge in [0.1, 0.15) is 18.4 Å². The van der Waals surface area contributed by atoms with Crippen LogP contribution in [0.1, 0.15) is 23.6 Å². The summed E-state index contributed by atoms with van der Waals surface area (Å²) in [4.78, 5) is 37.9. The van der Waals surface area contributed by atoms with Crippen LogP contribution >= 0.6 is 56.9 Å². The SMILES string of the molecule is COC(=O)[C@@H](C)N1C(=O)S/C(=C/c2cc(I)c(OCc3ccc(C)cc3)c(I)c2)C1=O. The number of carbonyl (C=O) groups excluding carboxylic acids is 3. The van der Waals surface area contributed by atoms with Crippen LogP contribution in [-0.2, 0) is 20.9 Å². The van der Waals surface area contributed by atoms with Crippen LogP contribution in [0.2, 0.25) is 0 Å². The van der Waals surface area contributed by atoms with E-state index in [1.807, 2.05) is 43.3 Å². The van der Waals surface area contributed by atoms with Crippen LogP contribution in [0.25, 0.3) is 6.08 Å². The highest BCUT2D eigenvalue weighted by molar-refractivity contribution is 14.1. The van der Waals surface area contributed by atoms with Crippen molar-refractivity contribution in [3.05, 3.63) is 65.1 Å². The van der Waals surface area contributed by atoms with E-state index < -0.39 is 23.2 Å². The molecule has 0 N–H and O–H groups in total. The molecule has 1 aliphatic rings. The Bertz CT molecular complexity index is 1050. The number of hydrogen-bond donors (Lipinski definition) is 0. The number of methoxy groups -OCH3 is 1. The molecular weight excluding hydrogens is 644 g/mol. The fourth-order valence-corrected chi connectivity index (χ4v) is 5.92. The van der Waals surface area contributed by atoms with Crippen molar-refractivity contribution >= 4 is 80.1 Å². The zero-order valence-electron chi connectivity index (χ0n) is 17.0. The number of nitrogens with zero attached hydrogens (tertiary/aromatic N) is 1. The van der Waals surface area contributed by atoms with Crippen molar-refractivity contribution in [1.29, 1.82) is 0 Å². The normalized spacial score (nSPS) is 16.0. The fourth-order valence-electron chi connectivity index (χ4n) is 2.88. The van der Waals surface area contributed by atoms with Gasteiger partial charge in [0.05, 0.1) is 19.2 Å². The van der Waals surface area contributed by atoms with Gasteiger partial charge in [-0.25, -0.2) is 4.79 Å². The molecule has 0 unspecified atom stereocenters. The number of aryl methyl sites for hydroxylation is 1. The van der Waals surface area contributed by atoms with E-state index in [0.29, 0.717) is 6.61 Å². The third-order valence-electron chi connectivity index (χ3n) is 4.58. The Balaban J connectivity index is 1.78. The summed E-state index contributed by atoms with van der Waals surface area (Å²) < 4.78 is 12.5. The Morgan fingerprint density at radius 2 is 1.77 bits per heavy atom. The van der Waals surface area contributed by atoms with Gasteiger partial charge in [0.15, 0.2) is 0 Å². The van der Waals surface area contributed by atoms with Crippen LogP contribution in [0.5, 0.6) is 5.75 Å². The van der Waals surface area contributed by atoms with Gasteiger partial charge < -0.3 is 9.47 Å². The third-order valence-corrected chi connectivity index (χ3v) is 7.06. The minimum absolute atomic E-state index is 0.265. The molecule has 0 radical (unpaired) electrons. The average Bonchev–Trinajstić information content (AvgIpc) is 3.00. The maximum absolute atomic E-state index is 12.7. The topological polar surface area (TPSA) is 72.9 Å². The molecule has 2 aromatic carbocycles. The van der Waals surface area contributed by atoms with Crippen molar-refractivity contribution in [2.45, 2.75) is 26.5 Å². The van der Waals surface area contributed by atoms with E-state index in [1.165, 1.54) is 19.6 Å². The molecule has 0 bridgehead atoms. The summed E-state index contributed by atoms with van der Waals surface area (Å²) in [5.41, 5.74) is 3.05. The van der Waals surface area contributed by atoms with Gasteiger partial charge in [-0.15, -0.1) is 0 Å². The number of rotatable bonds is 6. The van der Waals surface area contributed by atoms with Crippen LogP contribution in [0.15, 0.2) is 41.3 Å². The molecule has 1 saturated heterocycles. The minimum atomic E-state index is -0.971. The van der Waals surface area contributed by atoms with Crippen molar-refractivity contribution in [2.75, 3.05) is 7.11 Å². The number of esters is 1. The molecule has 1 aliphatic heterocycles. The number of carbonyl (C=O) groups is 3. The van der Waals surface area contributed by atoms with Crippen molar-refractivity contribution in [1.82, 2.24) is 4.90 Å². The second-order valence-electron chi connectivity index (χ2n) is 6.84. The van der Waals surface area contributed by atoms with Crippen molar-refractivity contribution < 1.29 is 23.9 Å². The highest BCUT2D eigenvalue weighted by Gasteiger charge is 2.41. The molecule has 31 heavy (non-hydrogen) atoms. The molecule has 0 saturated carbocycles. The van der Waals surface area contributed by atoms with E-state index in [2.05, 4.69) is 49.9 Å². The highest BCUT2D eigenvalue weighted by Crippen LogP contribution is 2.36.